The van der Waals surface area contributed by atoms with Crippen molar-refractivity contribution in [3.05, 3.63) is 69.2 Å². The molecule has 0 fully saturated rings. The van der Waals surface area contributed by atoms with Crippen molar-refractivity contribution >= 4 is 39.9 Å². The standard InChI is InChI=1S/C24H25ClN2O5S/c1-5-32-23(29)20-15(2)33-24(26-20)27(12-11-16-9-7-6-8-10-16)22(28)17-13-18(25)21(31-4)19(14-17)30-3/h6-10,13-14H,5,11-12H2,1-4H3. The van der Waals surface area contributed by atoms with Gasteiger partial charge in [-0.25, -0.2) is 9.78 Å². The fourth-order valence-electron chi connectivity index (χ4n) is 3.25. The molecule has 7 nitrogen and oxygen atoms in total. The first-order chi connectivity index (χ1) is 15.9. The highest BCUT2D eigenvalue weighted by Crippen LogP contribution is 2.37. The van der Waals surface area contributed by atoms with E-state index in [2.05, 4.69) is 4.98 Å². The predicted octanol–water partition coefficient (Wildman–Crippen LogP) is 5.19. The number of halogens is 1. The molecule has 0 aliphatic rings. The second-order valence-corrected chi connectivity index (χ2v) is 8.60. The highest BCUT2D eigenvalue weighted by atomic mass is 35.5. The molecule has 174 valence electrons. The van der Waals surface area contributed by atoms with Crippen LogP contribution in [0.4, 0.5) is 5.13 Å². The molecule has 3 rings (SSSR count). The van der Waals surface area contributed by atoms with Crippen molar-refractivity contribution in [1.82, 2.24) is 4.98 Å². The Balaban J connectivity index is 2.00. The molecule has 0 radical (unpaired) electrons. The van der Waals surface area contributed by atoms with Crippen LogP contribution in [-0.4, -0.2) is 44.2 Å². The second kappa shape index (κ2) is 11.2. The van der Waals surface area contributed by atoms with Gasteiger partial charge in [-0.2, -0.15) is 0 Å². The molecule has 1 heterocycles. The van der Waals surface area contributed by atoms with Crippen molar-refractivity contribution in [1.29, 1.82) is 0 Å². The number of aromatic nitrogens is 1. The van der Waals surface area contributed by atoms with Crippen LogP contribution in [0.15, 0.2) is 42.5 Å². The summed E-state index contributed by atoms with van der Waals surface area (Å²) in [6, 6.07) is 12.9. The number of benzene rings is 2. The number of hydrogen-bond donors (Lipinski definition) is 0. The lowest BCUT2D eigenvalue weighted by Gasteiger charge is -2.21. The third-order valence-electron chi connectivity index (χ3n) is 4.88. The minimum atomic E-state index is -0.512. The quantitative estimate of drug-likeness (QED) is 0.386. The van der Waals surface area contributed by atoms with Gasteiger partial charge >= 0.3 is 5.97 Å². The molecule has 0 unspecified atom stereocenters. The zero-order valence-electron chi connectivity index (χ0n) is 18.9. The second-order valence-electron chi connectivity index (χ2n) is 7.01. The minimum absolute atomic E-state index is 0.208. The van der Waals surface area contributed by atoms with Gasteiger partial charge in [-0.15, -0.1) is 11.3 Å². The van der Waals surface area contributed by atoms with Gasteiger partial charge in [0.1, 0.15) is 0 Å². The summed E-state index contributed by atoms with van der Waals surface area (Å²) in [5, 5.41) is 0.660. The molecule has 0 bridgehead atoms. The van der Waals surface area contributed by atoms with Crippen LogP contribution >= 0.6 is 22.9 Å². The van der Waals surface area contributed by atoms with E-state index in [1.807, 2.05) is 30.3 Å². The highest BCUT2D eigenvalue weighted by Gasteiger charge is 2.26. The summed E-state index contributed by atoms with van der Waals surface area (Å²) in [5.74, 6) is -0.139. The molecular formula is C24H25ClN2O5S. The first-order valence-corrected chi connectivity index (χ1v) is 11.5. The maximum absolute atomic E-state index is 13.6. The third kappa shape index (κ3) is 5.64. The number of methoxy groups -OCH3 is 2. The van der Waals surface area contributed by atoms with Crippen molar-refractivity contribution in [3.8, 4) is 11.5 Å². The number of hydrogen-bond acceptors (Lipinski definition) is 7. The monoisotopic (exact) mass is 488 g/mol. The van der Waals surface area contributed by atoms with Crippen LogP contribution in [0.25, 0.3) is 0 Å². The van der Waals surface area contributed by atoms with Crippen LogP contribution in [0.1, 0.15) is 38.2 Å². The lowest BCUT2D eigenvalue weighted by Crippen LogP contribution is -2.33. The Hall–Kier alpha value is -3.10. The number of carbonyl (C=O) groups excluding carboxylic acids is 2. The SMILES string of the molecule is CCOC(=O)c1nc(N(CCc2ccccc2)C(=O)c2cc(Cl)c(OC)c(OC)c2)sc1C. The molecule has 0 saturated heterocycles. The highest BCUT2D eigenvalue weighted by molar-refractivity contribution is 7.16. The molecule has 1 amide bonds. The Morgan fingerprint density at radius 2 is 1.85 bits per heavy atom. The molecule has 0 saturated carbocycles. The van der Waals surface area contributed by atoms with Crippen molar-refractivity contribution in [2.24, 2.45) is 0 Å². The molecular weight excluding hydrogens is 464 g/mol. The summed E-state index contributed by atoms with van der Waals surface area (Å²) in [6.45, 7) is 4.10. The number of amides is 1. The van der Waals surface area contributed by atoms with Crippen LogP contribution in [0.3, 0.4) is 0 Å². The Morgan fingerprint density at radius 1 is 1.12 bits per heavy atom. The van der Waals surface area contributed by atoms with Gasteiger partial charge in [0.25, 0.3) is 5.91 Å². The van der Waals surface area contributed by atoms with E-state index in [0.29, 0.717) is 40.0 Å². The van der Waals surface area contributed by atoms with Gasteiger partial charge in [0.15, 0.2) is 22.3 Å². The molecule has 1 aromatic heterocycles. The van der Waals surface area contributed by atoms with Crippen LogP contribution in [0.5, 0.6) is 11.5 Å². The van der Waals surface area contributed by atoms with Gasteiger partial charge in [-0.1, -0.05) is 41.9 Å². The van der Waals surface area contributed by atoms with Gasteiger partial charge in [-0.05, 0) is 38.0 Å². The first-order valence-electron chi connectivity index (χ1n) is 10.3. The van der Waals surface area contributed by atoms with Crippen LogP contribution < -0.4 is 14.4 Å². The van der Waals surface area contributed by atoms with Crippen molar-refractivity contribution in [2.75, 3.05) is 32.3 Å². The average Bonchev–Trinajstić information content (AvgIpc) is 3.20. The Bertz CT molecular complexity index is 1130. The maximum Gasteiger partial charge on any atom is 0.358 e. The number of ether oxygens (including phenoxy) is 3. The van der Waals surface area contributed by atoms with E-state index in [0.717, 1.165) is 5.56 Å². The topological polar surface area (TPSA) is 78.0 Å². The van der Waals surface area contributed by atoms with Crippen LogP contribution in [-0.2, 0) is 11.2 Å². The smallest absolute Gasteiger partial charge is 0.358 e. The van der Waals surface area contributed by atoms with E-state index in [1.165, 1.54) is 31.6 Å². The van der Waals surface area contributed by atoms with Crippen LogP contribution in [0.2, 0.25) is 5.02 Å². The normalized spacial score (nSPS) is 10.6. The summed E-state index contributed by atoms with van der Waals surface area (Å²) in [7, 11) is 2.96. The largest absolute Gasteiger partial charge is 0.493 e. The predicted molar refractivity (Wildman–Crippen MR) is 129 cm³/mol. The molecule has 0 atom stereocenters. The molecule has 0 aliphatic heterocycles. The molecule has 0 N–H and O–H groups in total. The van der Waals surface area contributed by atoms with Crippen molar-refractivity contribution in [3.63, 3.8) is 0 Å². The van der Waals surface area contributed by atoms with E-state index in [4.69, 9.17) is 25.8 Å². The lowest BCUT2D eigenvalue weighted by molar-refractivity contribution is 0.0519. The van der Waals surface area contributed by atoms with E-state index < -0.39 is 5.97 Å². The number of rotatable bonds is 9. The fraction of sp³-hybridized carbons (Fsp3) is 0.292. The third-order valence-corrected chi connectivity index (χ3v) is 6.15. The van der Waals surface area contributed by atoms with E-state index in [9.17, 15) is 9.59 Å². The summed E-state index contributed by atoms with van der Waals surface area (Å²) < 4.78 is 15.7. The summed E-state index contributed by atoms with van der Waals surface area (Å²) >= 11 is 7.60. The summed E-state index contributed by atoms with van der Waals surface area (Å²) in [6.07, 6.45) is 0.598. The van der Waals surface area contributed by atoms with Gasteiger partial charge in [0.2, 0.25) is 0 Å². The number of nitrogens with zero attached hydrogens (tertiary/aromatic N) is 2. The van der Waals surface area contributed by atoms with E-state index >= 15 is 0 Å². The number of thiazole rings is 1. The zero-order valence-corrected chi connectivity index (χ0v) is 20.5. The van der Waals surface area contributed by atoms with Crippen LogP contribution in [0, 0.1) is 6.92 Å². The van der Waals surface area contributed by atoms with Crippen molar-refractivity contribution in [2.45, 2.75) is 20.3 Å². The molecule has 0 spiro atoms. The van der Waals surface area contributed by atoms with Gasteiger partial charge in [-0.3, -0.25) is 9.69 Å². The molecule has 3 aromatic rings. The molecule has 2 aromatic carbocycles. The molecule has 9 heteroatoms. The van der Waals surface area contributed by atoms with E-state index in [-0.39, 0.29) is 23.2 Å². The number of carbonyl (C=O) groups is 2. The summed E-state index contributed by atoms with van der Waals surface area (Å²) in [4.78, 5) is 32.6. The minimum Gasteiger partial charge on any atom is -0.493 e. The zero-order chi connectivity index (χ0) is 24.0. The lowest BCUT2D eigenvalue weighted by atomic mass is 10.1. The molecule has 33 heavy (non-hydrogen) atoms. The van der Waals surface area contributed by atoms with Gasteiger partial charge in [0, 0.05) is 17.0 Å². The Kier molecular flexibility index (Phi) is 8.30. The van der Waals surface area contributed by atoms with Crippen molar-refractivity contribution < 1.29 is 23.8 Å². The van der Waals surface area contributed by atoms with Gasteiger partial charge < -0.3 is 14.2 Å². The summed E-state index contributed by atoms with van der Waals surface area (Å²) in [5.41, 5.74) is 1.59. The number of anilines is 1. The maximum atomic E-state index is 13.6. The first kappa shape index (κ1) is 24.5. The molecule has 0 aliphatic carbocycles. The number of esters is 1. The Morgan fingerprint density at radius 3 is 2.48 bits per heavy atom. The van der Waals surface area contributed by atoms with E-state index in [1.54, 1.807) is 24.8 Å². The number of aryl methyl sites for hydroxylation is 1. The fourth-order valence-corrected chi connectivity index (χ4v) is 4.46. The Labute approximate surface area is 201 Å². The average molecular weight is 489 g/mol. The van der Waals surface area contributed by atoms with Gasteiger partial charge in [0.05, 0.1) is 25.8 Å².